The lowest BCUT2D eigenvalue weighted by Gasteiger charge is -2.03. The molecule has 9 heteroatoms. The molecule has 0 aliphatic rings. The van der Waals surface area contributed by atoms with Crippen molar-refractivity contribution in [3.63, 3.8) is 0 Å². The molecule has 5 nitrogen and oxygen atoms in total. The number of alkyl halides is 2. The molecule has 1 aromatic heterocycles. The van der Waals surface area contributed by atoms with Crippen molar-refractivity contribution in [2.24, 2.45) is 0 Å². The van der Waals surface area contributed by atoms with Gasteiger partial charge in [0.15, 0.2) is 16.1 Å². The molecule has 0 bridgehead atoms. The SMILES string of the molecule is CCS(=O)(=O)CCn1nc(C(F)F)c(C=O)c1Cl. The molecule has 0 aromatic carbocycles. The first kappa shape index (κ1) is 15.0. The van der Waals surface area contributed by atoms with Gasteiger partial charge < -0.3 is 0 Å². The van der Waals surface area contributed by atoms with Gasteiger partial charge in [0, 0.05) is 5.75 Å². The minimum atomic E-state index is -3.26. The van der Waals surface area contributed by atoms with Gasteiger partial charge in [-0.15, -0.1) is 0 Å². The first-order valence-electron chi connectivity index (χ1n) is 5.02. The fourth-order valence-electron chi connectivity index (χ4n) is 1.26. The predicted molar refractivity (Wildman–Crippen MR) is 61.9 cm³/mol. The monoisotopic (exact) mass is 300 g/mol. The van der Waals surface area contributed by atoms with Gasteiger partial charge in [-0.05, 0) is 0 Å². The molecule has 0 spiro atoms. The third kappa shape index (κ3) is 3.26. The first-order chi connectivity index (χ1) is 8.32. The second kappa shape index (κ2) is 5.75. The zero-order valence-electron chi connectivity index (χ0n) is 9.44. The van der Waals surface area contributed by atoms with Gasteiger partial charge in [0.1, 0.15) is 10.8 Å². The Labute approximate surface area is 108 Å². The van der Waals surface area contributed by atoms with Gasteiger partial charge in [0.05, 0.1) is 17.9 Å². The third-order valence-corrected chi connectivity index (χ3v) is 4.41. The summed E-state index contributed by atoms with van der Waals surface area (Å²) in [5.74, 6) is -0.333. The Bertz CT molecular complexity index is 542. The maximum Gasteiger partial charge on any atom is 0.282 e. The van der Waals surface area contributed by atoms with Gasteiger partial charge in [0.2, 0.25) is 0 Å². The number of sulfone groups is 1. The summed E-state index contributed by atoms with van der Waals surface area (Å²) < 4.78 is 48.5. The van der Waals surface area contributed by atoms with E-state index in [-0.39, 0.29) is 29.5 Å². The van der Waals surface area contributed by atoms with Crippen molar-refractivity contribution in [1.29, 1.82) is 0 Å². The highest BCUT2D eigenvalue weighted by molar-refractivity contribution is 7.91. The molecule has 0 saturated carbocycles. The van der Waals surface area contributed by atoms with E-state index in [9.17, 15) is 22.0 Å². The number of aryl methyl sites for hydroxylation is 1. The van der Waals surface area contributed by atoms with E-state index in [2.05, 4.69) is 5.10 Å². The second-order valence-electron chi connectivity index (χ2n) is 3.47. The Morgan fingerprint density at radius 1 is 1.50 bits per heavy atom. The van der Waals surface area contributed by atoms with Crippen LogP contribution in [0, 0.1) is 0 Å². The van der Waals surface area contributed by atoms with Gasteiger partial charge in [-0.2, -0.15) is 5.10 Å². The summed E-state index contributed by atoms with van der Waals surface area (Å²) >= 11 is 5.69. The maximum atomic E-state index is 12.5. The second-order valence-corrected chi connectivity index (χ2v) is 6.30. The molecular weight excluding hydrogens is 290 g/mol. The van der Waals surface area contributed by atoms with Crippen LogP contribution in [0.5, 0.6) is 0 Å². The molecule has 0 atom stereocenters. The van der Waals surface area contributed by atoms with Crippen LogP contribution in [0.25, 0.3) is 0 Å². The lowest BCUT2D eigenvalue weighted by molar-refractivity contribution is 0.110. The van der Waals surface area contributed by atoms with E-state index < -0.39 is 27.5 Å². The molecule has 0 N–H and O–H groups in total. The van der Waals surface area contributed by atoms with Gasteiger partial charge in [0.25, 0.3) is 6.43 Å². The molecular formula is C9H11ClF2N2O3S. The van der Waals surface area contributed by atoms with E-state index in [1.54, 1.807) is 0 Å². The highest BCUT2D eigenvalue weighted by Crippen LogP contribution is 2.26. The molecule has 0 amide bonds. The summed E-state index contributed by atoms with van der Waals surface area (Å²) in [6.07, 6.45) is -2.76. The number of carbonyl (C=O) groups excluding carboxylic acids is 1. The Balaban J connectivity index is 3.01. The van der Waals surface area contributed by atoms with Gasteiger partial charge in [-0.25, -0.2) is 17.2 Å². The zero-order chi connectivity index (χ0) is 13.9. The summed E-state index contributed by atoms with van der Waals surface area (Å²) in [7, 11) is -3.26. The van der Waals surface area contributed by atoms with Crippen molar-refractivity contribution >= 4 is 27.7 Å². The van der Waals surface area contributed by atoms with E-state index in [0.29, 0.717) is 0 Å². The van der Waals surface area contributed by atoms with Crippen LogP contribution in [-0.2, 0) is 16.4 Å². The molecule has 0 aliphatic carbocycles. The summed E-state index contributed by atoms with van der Waals surface area (Å²) in [6.45, 7) is 1.31. The number of nitrogens with zero attached hydrogens (tertiary/aromatic N) is 2. The largest absolute Gasteiger partial charge is 0.298 e. The quantitative estimate of drug-likeness (QED) is 0.750. The smallest absolute Gasteiger partial charge is 0.282 e. The minimum absolute atomic E-state index is 0.0614. The average Bonchev–Trinajstić information content (AvgIpc) is 2.63. The number of hydrogen-bond donors (Lipinski definition) is 0. The topological polar surface area (TPSA) is 69.0 Å². The lowest BCUT2D eigenvalue weighted by Crippen LogP contribution is -2.15. The normalized spacial score (nSPS) is 12.1. The number of aromatic nitrogens is 2. The number of aldehydes is 1. The molecule has 102 valence electrons. The lowest BCUT2D eigenvalue weighted by atomic mass is 10.3. The van der Waals surface area contributed by atoms with Crippen LogP contribution >= 0.6 is 11.6 Å². The fourth-order valence-corrected chi connectivity index (χ4v) is 2.26. The maximum absolute atomic E-state index is 12.5. The van der Waals surface area contributed by atoms with Crippen molar-refractivity contribution in [3.8, 4) is 0 Å². The van der Waals surface area contributed by atoms with Gasteiger partial charge >= 0.3 is 0 Å². The van der Waals surface area contributed by atoms with E-state index in [0.717, 1.165) is 4.68 Å². The highest BCUT2D eigenvalue weighted by atomic mass is 35.5. The highest BCUT2D eigenvalue weighted by Gasteiger charge is 2.23. The van der Waals surface area contributed by atoms with Gasteiger partial charge in [-0.3, -0.25) is 9.48 Å². The van der Waals surface area contributed by atoms with Crippen LogP contribution in [0.2, 0.25) is 5.15 Å². The molecule has 0 saturated heterocycles. The number of rotatable bonds is 6. The molecule has 0 radical (unpaired) electrons. The van der Waals surface area contributed by atoms with Crippen LogP contribution in [0.1, 0.15) is 29.4 Å². The van der Waals surface area contributed by atoms with E-state index in [1.807, 2.05) is 0 Å². The molecule has 1 aromatic rings. The molecule has 0 aliphatic heterocycles. The van der Waals surface area contributed by atoms with E-state index in [1.165, 1.54) is 6.92 Å². The first-order valence-corrected chi connectivity index (χ1v) is 7.22. The molecule has 1 rings (SSSR count). The van der Waals surface area contributed by atoms with Crippen molar-refractivity contribution in [3.05, 3.63) is 16.4 Å². The van der Waals surface area contributed by atoms with Crippen molar-refractivity contribution in [1.82, 2.24) is 9.78 Å². The molecule has 18 heavy (non-hydrogen) atoms. The molecule has 0 fully saturated rings. The van der Waals surface area contributed by atoms with E-state index >= 15 is 0 Å². The third-order valence-electron chi connectivity index (χ3n) is 2.33. The zero-order valence-corrected chi connectivity index (χ0v) is 11.0. The summed E-state index contributed by atoms with van der Waals surface area (Å²) in [6, 6.07) is 0. The van der Waals surface area contributed by atoms with Crippen molar-refractivity contribution < 1.29 is 22.0 Å². The summed E-state index contributed by atoms with van der Waals surface area (Å²) in [5.41, 5.74) is -1.13. The minimum Gasteiger partial charge on any atom is -0.298 e. The molecule has 1 heterocycles. The van der Waals surface area contributed by atoms with Crippen molar-refractivity contribution in [2.75, 3.05) is 11.5 Å². The van der Waals surface area contributed by atoms with Crippen LogP contribution in [0.4, 0.5) is 8.78 Å². The Morgan fingerprint density at radius 3 is 2.50 bits per heavy atom. The van der Waals surface area contributed by atoms with Crippen LogP contribution < -0.4 is 0 Å². The standard InChI is InChI=1S/C9H11ClF2N2O3S/c1-2-18(16,17)4-3-14-8(10)6(5-15)7(13-14)9(11)12/h5,9H,2-4H2,1H3. The summed E-state index contributed by atoms with van der Waals surface area (Å²) in [4.78, 5) is 10.6. The summed E-state index contributed by atoms with van der Waals surface area (Å²) in [5, 5.41) is 3.18. The van der Waals surface area contributed by atoms with Crippen LogP contribution in [0.15, 0.2) is 0 Å². The Kier molecular flexibility index (Phi) is 4.80. The van der Waals surface area contributed by atoms with Crippen LogP contribution in [-0.4, -0.2) is 36.0 Å². The fraction of sp³-hybridized carbons (Fsp3) is 0.556. The predicted octanol–water partition coefficient (Wildman–Crippen LogP) is 1.72. The Hall–Kier alpha value is -1.02. The van der Waals surface area contributed by atoms with Crippen LogP contribution in [0.3, 0.4) is 0 Å². The van der Waals surface area contributed by atoms with Crippen molar-refractivity contribution in [2.45, 2.75) is 19.9 Å². The number of carbonyl (C=O) groups is 1. The number of halogens is 3. The van der Waals surface area contributed by atoms with Gasteiger partial charge in [-0.1, -0.05) is 18.5 Å². The number of hydrogen-bond acceptors (Lipinski definition) is 4. The molecule has 0 unspecified atom stereocenters. The van der Waals surface area contributed by atoms with E-state index in [4.69, 9.17) is 11.6 Å². The Morgan fingerprint density at radius 2 is 2.11 bits per heavy atom. The average molecular weight is 301 g/mol.